The first-order valence-corrected chi connectivity index (χ1v) is 11.4. The second-order valence-electron chi connectivity index (χ2n) is 8.47. The largest absolute Gasteiger partial charge is 0.349 e. The molecule has 8 heteroatoms. The van der Waals surface area contributed by atoms with Gasteiger partial charge < -0.3 is 10.6 Å². The number of aromatic nitrogens is 3. The van der Waals surface area contributed by atoms with Crippen molar-refractivity contribution in [2.24, 2.45) is 0 Å². The van der Waals surface area contributed by atoms with Crippen molar-refractivity contribution in [1.29, 1.82) is 0 Å². The number of anilines is 1. The van der Waals surface area contributed by atoms with Gasteiger partial charge in [-0.05, 0) is 63.4 Å². The summed E-state index contributed by atoms with van der Waals surface area (Å²) in [6.07, 6.45) is 2.21. The van der Waals surface area contributed by atoms with Crippen LogP contribution >= 0.6 is 11.6 Å². The number of carbonyl (C=O) groups is 2. The fourth-order valence-electron chi connectivity index (χ4n) is 3.93. The van der Waals surface area contributed by atoms with E-state index >= 15 is 0 Å². The summed E-state index contributed by atoms with van der Waals surface area (Å²) in [5.41, 5.74) is 5.79. The van der Waals surface area contributed by atoms with Crippen molar-refractivity contribution in [1.82, 2.24) is 19.9 Å². The number of hydrogen-bond acceptors (Lipinski definition) is 4. The highest BCUT2D eigenvalue weighted by Crippen LogP contribution is 2.20. The molecule has 0 radical (unpaired) electrons. The maximum Gasteiger partial charge on any atom is 0.259 e. The van der Waals surface area contributed by atoms with Crippen molar-refractivity contribution in [2.45, 2.75) is 40.2 Å². The number of halogens is 1. The quantitative estimate of drug-likeness (QED) is 0.414. The molecule has 7 nitrogen and oxygen atoms in total. The number of rotatable bonds is 6. The number of carbonyl (C=O) groups excluding carboxylic acids is 2. The van der Waals surface area contributed by atoms with Crippen molar-refractivity contribution in [3.63, 3.8) is 0 Å². The Labute approximate surface area is 203 Å². The molecular weight excluding hydrogens is 450 g/mol. The number of amides is 2. The topological polar surface area (TPSA) is 88.4 Å². The second kappa shape index (κ2) is 9.65. The van der Waals surface area contributed by atoms with Crippen LogP contribution in [0, 0.1) is 20.8 Å². The first kappa shape index (κ1) is 23.4. The van der Waals surface area contributed by atoms with Gasteiger partial charge in [-0.25, -0.2) is 9.50 Å². The van der Waals surface area contributed by atoms with Gasteiger partial charge in [-0.1, -0.05) is 35.9 Å². The van der Waals surface area contributed by atoms with Crippen LogP contribution in [-0.4, -0.2) is 32.5 Å². The number of aryl methyl sites for hydroxylation is 3. The zero-order chi connectivity index (χ0) is 24.4. The number of nitrogens with one attached hydrogen (secondary N) is 2. The van der Waals surface area contributed by atoms with Crippen LogP contribution in [0.4, 0.5) is 5.69 Å². The first-order chi connectivity index (χ1) is 16.2. The molecule has 1 atom stereocenters. The molecule has 2 N–H and O–H groups in total. The molecule has 0 spiro atoms. The van der Waals surface area contributed by atoms with Crippen LogP contribution in [0.15, 0.2) is 54.7 Å². The minimum absolute atomic E-state index is 0.0957. The summed E-state index contributed by atoms with van der Waals surface area (Å²) in [7, 11) is 0. The lowest BCUT2D eigenvalue weighted by Gasteiger charge is -2.16. The SMILES string of the molecule is Cc1cc2ncc(C(=O)Nc3ccc(CC(C)NC(=O)c4c(C)cccc4Cl)cc3)c(C)n2n1. The third-order valence-electron chi connectivity index (χ3n) is 5.67. The van der Waals surface area contributed by atoms with E-state index in [-0.39, 0.29) is 17.9 Å². The molecule has 0 saturated heterocycles. The summed E-state index contributed by atoms with van der Waals surface area (Å²) < 4.78 is 1.67. The van der Waals surface area contributed by atoms with E-state index in [2.05, 4.69) is 20.7 Å². The monoisotopic (exact) mass is 475 g/mol. The van der Waals surface area contributed by atoms with Crippen molar-refractivity contribution < 1.29 is 9.59 Å². The van der Waals surface area contributed by atoms with Crippen molar-refractivity contribution >= 4 is 34.7 Å². The molecule has 0 aliphatic heterocycles. The Hall–Kier alpha value is -3.71. The Morgan fingerprint density at radius 2 is 1.79 bits per heavy atom. The summed E-state index contributed by atoms with van der Waals surface area (Å²) in [6.45, 7) is 7.55. The van der Waals surface area contributed by atoms with Gasteiger partial charge in [-0.2, -0.15) is 5.10 Å². The maximum absolute atomic E-state index is 12.8. The second-order valence-corrected chi connectivity index (χ2v) is 8.88. The lowest BCUT2D eigenvalue weighted by atomic mass is 10.0. The molecule has 34 heavy (non-hydrogen) atoms. The minimum Gasteiger partial charge on any atom is -0.349 e. The highest BCUT2D eigenvalue weighted by molar-refractivity contribution is 6.34. The van der Waals surface area contributed by atoms with Crippen LogP contribution in [0.25, 0.3) is 5.65 Å². The van der Waals surface area contributed by atoms with Crippen LogP contribution in [0.5, 0.6) is 0 Å². The Bertz CT molecular complexity index is 1360. The van der Waals surface area contributed by atoms with Crippen LogP contribution in [0.1, 0.15) is 50.2 Å². The zero-order valence-electron chi connectivity index (χ0n) is 19.5. The Balaban J connectivity index is 1.39. The van der Waals surface area contributed by atoms with Gasteiger partial charge in [0, 0.05) is 24.0 Å². The third kappa shape index (κ3) is 4.94. The van der Waals surface area contributed by atoms with E-state index in [1.54, 1.807) is 16.8 Å². The van der Waals surface area contributed by atoms with Crippen molar-refractivity contribution in [3.8, 4) is 0 Å². The molecule has 174 valence electrons. The Morgan fingerprint density at radius 3 is 2.50 bits per heavy atom. The van der Waals surface area contributed by atoms with Crippen molar-refractivity contribution in [3.05, 3.63) is 93.4 Å². The van der Waals surface area contributed by atoms with E-state index in [9.17, 15) is 9.59 Å². The highest BCUT2D eigenvalue weighted by Gasteiger charge is 2.17. The summed E-state index contributed by atoms with van der Waals surface area (Å²) in [6, 6.07) is 14.7. The van der Waals surface area contributed by atoms with Gasteiger partial charge in [0.15, 0.2) is 5.65 Å². The standard InChI is InChI=1S/C26H26ClN5O2/c1-15-6-5-7-22(27)24(15)26(34)29-16(2)12-19-8-10-20(11-9-19)30-25(33)21-14-28-23-13-17(3)31-32(23)18(21)4/h5-11,13-14,16H,12H2,1-4H3,(H,29,34)(H,30,33). The number of fused-ring (bicyclic) bond motifs is 1. The first-order valence-electron chi connectivity index (χ1n) is 11.0. The van der Waals surface area contributed by atoms with E-state index < -0.39 is 0 Å². The van der Waals surface area contributed by atoms with Crippen LogP contribution in [0.3, 0.4) is 0 Å². The van der Waals surface area contributed by atoms with Gasteiger partial charge in [-0.15, -0.1) is 0 Å². The van der Waals surface area contributed by atoms with Gasteiger partial charge in [0.25, 0.3) is 11.8 Å². The average Bonchev–Trinajstić information content (AvgIpc) is 3.16. The predicted molar refractivity (Wildman–Crippen MR) is 134 cm³/mol. The number of benzene rings is 2. The highest BCUT2D eigenvalue weighted by atomic mass is 35.5. The predicted octanol–water partition coefficient (Wildman–Crippen LogP) is 4.92. The fourth-order valence-corrected chi connectivity index (χ4v) is 4.24. The molecule has 0 bridgehead atoms. The van der Waals surface area contributed by atoms with E-state index in [1.807, 2.05) is 70.2 Å². The average molecular weight is 476 g/mol. The molecule has 2 amide bonds. The van der Waals surface area contributed by atoms with E-state index in [0.29, 0.717) is 33.9 Å². The molecule has 4 aromatic rings. The maximum atomic E-state index is 12.8. The summed E-state index contributed by atoms with van der Waals surface area (Å²) in [5, 5.41) is 10.8. The zero-order valence-corrected chi connectivity index (χ0v) is 20.3. The molecule has 0 aliphatic carbocycles. The summed E-state index contributed by atoms with van der Waals surface area (Å²) in [5.74, 6) is -0.434. The summed E-state index contributed by atoms with van der Waals surface area (Å²) in [4.78, 5) is 29.8. The van der Waals surface area contributed by atoms with E-state index in [4.69, 9.17) is 11.6 Å². The normalized spacial score (nSPS) is 11.9. The van der Waals surface area contributed by atoms with E-state index in [0.717, 1.165) is 22.5 Å². The van der Waals surface area contributed by atoms with Gasteiger partial charge in [0.1, 0.15) is 0 Å². The molecular formula is C26H26ClN5O2. The molecule has 2 heterocycles. The molecule has 0 saturated carbocycles. The van der Waals surface area contributed by atoms with Crippen LogP contribution in [0.2, 0.25) is 5.02 Å². The smallest absolute Gasteiger partial charge is 0.259 e. The summed E-state index contributed by atoms with van der Waals surface area (Å²) >= 11 is 6.21. The lowest BCUT2D eigenvalue weighted by Crippen LogP contribution is -2.34. The molecule has 1 unspecified atom stereocenters. The molecule has 0 fully saturated rings. The molecule has 2 aromatic heterocycles. The van der Waals surface area contributed by atoms with Crippen LogP contribution < -0.4 is 10.6 Å². The number of hydrogen-bond donors (Lipinski definition) is 2. The van der Waals surface area contributed by atoms with Gasteiger partial charge in [0.05, 0.1) is 27.5 Å². The Kier molecular flexibility index (Phi) is 6.65. The molecule has 4 rings (SSSR count). The fraction of sp³-hybridized carbons (Fsp3) is 0.231. The number of nitrogens with zero attached hydrogens (tertiary/aromatic N) is 3. The Morgan fingerprint density at radius 1 is 1.06 bits per heavy atom. The molecule has 0 aliphatic rings. The van der Waals surface area contributed by atoms with E-state index in [1.165, 1.54) is 0 Å². The van der Waals surface area contributed by atoms with Gasteiger partial charge in [-0.3, -0.25) is 9.59 Å². The lowest BCUT2D eigenvalue weighted by molar-refractivity contribution is 0.0938. The van der Waals surface area contributed by atoms with Crippen LogP contribution in [-0.2, 0) is 6.42 Å². The van der Waals surface area contributed by atoms with Gasteiger partial charge >= 0.3 is 0 Å². The molecule has 2 aromatic carbocycles. The third-order valence-corrected chi connectivity index (χ3v) is 5.99. The minimum atomic E-state index is -0.247. The van der Waals surface area contributed by atoms with Crippen molar-refractivity contribution in [2.75, 3.05) is 5.32 Å². The van der Waals surface area contributed by atoms with Gasteiger partial charge in [0.2, 0.25) is 0 Å².